The normalized spacial score (nSPS) is 10.5. The van der Waals surface area contributed by atoms with Gasteiger partial charge in [-0.05, 0) is 49.2 Å². The van der Waals surface area contributed by atoms with E-state index in [2.05, 4.69) is 5.32 Å². The molecular weight excluding hydrogens is 290 g/mol. The first-order valence-electron chi connectivity index (χ1n) is 7.42. The van der Waals surface area contributed by atoms with Crippen LogP contribution in [-0.4, -0.2) is 18.5 Å². The number of nitrogens with one attached hydrogen (secondary N) is 1. The number of hydrogen-bond acceptors (Lipinski definition) is 3. The van der Waals surface area contributed by atoms with Gasteiger partial charge in [0.1, 0.15) is 0 Å². The molecule has 0 heterocycles. The Bertz CT molecular complexity index is 721. The van der Waals surface area contributed by atoms with E-state index in [1.807, 2.05) is 37.3 Å². The number of esters is 1. The van der Waals surface area contributed by atoms with E-state index in [-0.39, 0.29) is 11.9 Å². The summed E-state index contributed by atoms with van der Waals surface area (Å²) in [6.45, 7) is 3.93. The maximum atomic E-state index is 12.0. The van der Waals surface area contributed by atoms with Crippen LogP contribution >= 0.6 is 0 Å². The lowest BCUT2D eigenvalue weighted by Crippen LogP contribution is -2.10. The third-order valence-electron chi connectivity index (χ3n) is 3.22. The number of ether oxygens (including phenoxy) is 1. The molecular formula is C19H19NO3. The lowest BCUT2D eigenvalue weighted by atomic mass is 10.1. The lowest BCUT2D eigenvalue weighted by molar-refractivity contribution is -0.111. The van der Waals surface area contributed by atoms with Crippen LogP contribution in [0.4, 0.5) is 5.69 Å². The molecule has 0 spiro atoms. The van der Waals surface area contributed by atoms with Crippen LogP contribution in [0.2, 0.25) is 0 Å². The van der Waals surface area contributed by atoms with Crippen molar-refractivity contribution in [2.24, 2.45) is 0 Å². The maximum Gasteiger partial charge on any atom is 0.338 e. The third-order valence-corrected chi connectivity index (χ3v) is 3.22. The van der Waals surface area contributed by atoms with Gasteiger partial charge in [-0.2, -0.15) is 0 Å². The number of anilines is 1. The summed E-state index contributed by atoms with van der Waals surface area (Å²) in [5.41, 5.74) is 2.90. The van der Waals surface area contributed by atoms with Gasteiger partial charge in [-0.25, -0.2) is 4.79 Å². The van der Waals surface area contributed by atoms with Crippen LogP contribution in [-0.2, 0) is 9.53 Å². The molecule has 0 aliphatic heterocycles. The summed E-state index contributed by atoms with van der Waals surface area (Å²) in [7, 11) is 0. The summed E-state index contributed by atoms with van der Waals surface area (Å²) in [6.07, 6.45) is 3.23. The monoisotopic (exact) mass is 309 g/mol. The van der Waals surface area contributed by atoms with E-state index in [9.17, 15) is 9.59 Å². The van der Waals surface area contributed by atoms with Gasteiger partial charge in [-0.1, -0.05) is 30.3 Å². The van der Waals surface area contributed by atoms with E-state index in [0.29, 0.717) is 17.9 Å². The summed E-state index contributed by atoms with van der Waals surface area (Å²) in [5, 5.41) is 2.80. The average molecular weight is 309 g/mol. The van der Waals surface area contributed by atoms with Crippen molar-refractivity contribution in [1.29, 1.82) is 0 Å². The molecule has 1 N–H and O–H groups in total. The predicted octanol–water partition coefficient (Wildman–Crippen LogP) is 3.82. The number of benzene rings is 2. The van der Waals surface area contributed by atoms with E-state index >= 15 is 0 Å². The highest BCUT2D eigenvalue weighted by atomic mass is 16.5. The quantitative estimate of drug-likeness (QED) is 0.674. The average Bonchev–Trinajstić information content (AvgIpc) is 2.56. The minimum Gasteiger partial charge on any atom is -0.462 e. The molecule has 4 nitrogen and oxygen atoms in total. The smallest absolute Gasteiger partial charge is 0.338 e. The zero-order valence-electron chi connectivity index (χ0n) is 13.2. The van der Waals surface area contributed by atoms with Crippen molar-refractivity contribution in [1.82, 2.24) is 0 Å². The Balaban J connectivity index is 2.04. The summed E-state index contributed by atoms with van der Waals surface area (Å²) in [5.74, 6) is -0.585. The molecule has 0 fully saturated rings. The van der Waals surface area contributed by atoms with Crippen LogP contribution in [0.1, 0.15) is 28.4 Å². The van der Waals surface area contributed by atoms with Gasteiger partial charge in [-0.15, -0.1) is 0 Å². The molecule has 4 heteroatoms. The Morgan fingerprint density at radius 1 is 1.13 bits per heavy atom. The van der Waals surface area contributed by atoms with Crippen molar-refractivity contribution in [3.8, 4) is 0 Å². The van der Waals surface area contributed by atoms with Gasteiger partial charge in [0.25, 0.3) is 0 Å². The van der Waals surface area contributed by atoms with Crippen molar-refractivity contribution in [3.63, 3.8) is 0 Å². The van der Waals surface area contributed by atoms with Crippen LogP contribution in [0.5, 0.6) is 0 Å². The van der Waals surface area contributed by atoms with Crippen LogP contribution in [0.3, 0.4) is 0 Å². The standard InChI is InChI=1S/C19H19NO3/c1-3-23-19(22)16-10-11-17(14(2)13-16)20-18(21)12-9-15-7-5-4-6-8-15/h4-13H,3H2,1-2H3,(H,20,21)/b12-9+. The lowest BCUT2D eigenvalue weighted by Gasteiger charge is -2.08. The molecule has 0 aromatic heterocycles. The Hall–Kier alpha value is -2.88. The molecule has 0 atom stereocenters. The number of carbonyl (C=O) groups excluding carboxylic acids is 2. The maximum absolute atomic E-state index is 12.0. The van der Waals surface area contributed by atoms with Crippen LogP contribution in [0.25, 0.3) is 6.08 Å². The van der Waals surface area contributed by atoms with Gasteiger partial charge in [0.05, 0.1) is 12.2 Å². The van der Waals surface area contributed by atoms with E-state index in [1.165, 1.54) is 6.08 Å². The largest absolute Gasteiger partial charge is 0.462 e. The first kappa shape index (κ1) is 16.5. The Morgan fingerprint density at radius 3 is 2.52 bits per heavy atom. The third kappa shape index (κ3) is 4.81. The Labute approximate surface area is 135 Å². The van der Waals surface area contributed by atoms with Crippen molar-refractivity contribution in [2.75, 3.05) is 11.9 Å². The van der Waals surface area contributed by atoms with Gasteiger partial charge in [0.2, 0.25) is 5.91 Å². The van der Waals surface area contributed by atoms with E-state index in [4.69, 9.17) is 4.74 Å². The van der Waals surface area contributed by atoms with Gasteiger partial charge in [-0.3, -0.25) is 4.79 Å². The molecule has 1 amide bonds. The minimum atomic E-state index is -0.363. The van der Waals surface area contributed by atoms with E-state index in [0.717, 1.165) is 11.1 Å². The molecule has 0 aliphatic carbocycles. The highest BCUT2D eigenvalue weighted by Gasteiger charge is 2.09. The fraction of sp³-hybridized carbons (Fsp3) is 0.158. The molecule has 23 heavy (non-hydrogen) atoms. The van der Waals surface area contributed by atoms with Crippen molar-refractivity contribution >= 4 is 23.6 Å². The second kappa shape index (κ2) is 7.94. The zero-order chi connectivity index (χ0) is 16.7. The molecule has 0 radical (unpaired) electrons. The van der Waals surface area contributed by atoms with Crippen molar-refractivity contribution in [2.45, 2.75) is 13.8 Å². The van der Waals surface area contributed by atoms with Crippen molar-refractivity contribution < 1.29 is 14.3 Å². The van der Waals surface area contributed by atoms with Crippen molar-refractivity contribution in [3.05, 3.63) is 71.3 Å². The van der Waals surface area contributed by atoms with E-state index < -0.39 is 0 Å². The number of hydrogen-bond donors (Lipinski definition) is 1. The van der Waals surface area contributed by atoms with Gasteiger partial charge in [0.15, 0.2) is 0 Å². The highest BCUT2D eigenvalue weighted by Crippen LogP contribution is 2.17. The molecule has 0 saturated heterocycles. The molecule has 0 unspecified atom stereocenters. The molecule has 2 rings (SSSR count). The second-order valence-electron chi connectivity index (χ2n) is 4.98. The summed E-state index contributed by atoms with van der Waals surface area (Å²) < 4.78 is 4.95. The Kier molecular flexibility index (Phi) is 5.69. The minimum absolute atomic E-state index is 0.221. The van der Waals surface area contributed by atoms with Crippen LogP contribution in [0.15, 0.2) is 54.6 Å². The number of carbonyl (C=O) groups is 2. The fourth-order valence-corrected chi connectivity index (χ4v) is 2.06. The second-order valence-corrected chi connectivity index (χ2v) is 4.98. The molecule has 2 aromatic rings. The SMILES string of the molecule is CCOC(=O)c1ccc(NC(=O)/C=C/c2ccccc2)c(C)c1. The number of amides is 1. The Morgan fingerprint density at radius 2 is 1.87 bits per heavy atom. The molecule has 0 bridgehead atoms. The van der Waals surface area contributed by atoms with Gasteiger partial charge < -0.3 is 10.1 Å². The molecule has 2 aromatic carbocycles. The molecule has 0 aliphatic rings. The topological polar surface area (TPSA) is 55.4 Å². The fourth-order valence-electron chi connectivity index (χ4n) is 2.06. The summed E-state index contributed by atoms with van der Waals surface area (Å²) >= 11 is 0. The molecule has 118 valence electrons. The number of aryl methyl sites for hydroxylation is 1. The summed E-state index contributed by atoms with van der Waals surface area (Å²) in [4.78, 5) is 23.6. The van der Waals surface area contributed by atoms with Gasteiger partial charge in [0, 0.05) is 11.8 Å². The predicted molar refractivity (Wildman–Crippen MR) is 91.2 cm³/mol. The number of rotatable bonds is 5. The van der Waals surface area contributed by atoms with E-state index in [1.54, 1.807) is 31.2 Å². The zero-order valence-corrected chi connectivity index (χ0v) is 13.2. The van der Waals surface area contributed by atoms with Crippen LogP contribution < -0.4 is 5.32 Å². The van der Waals surface area contributed by atoms with Gasteiger partial charge >= 0.3 is 5.97 Å². The molecule has 0 saturated carbocycles. The first-order chi connectivity index (χ1) is 11.1. The van der Waals surface area contributed by atoms with Crippen LogP contribution in [0, 0.1) is 6.92 Å². The highest BCUT2D eigenvalue weighted by molar-refractivity contribution is 6.02. The summed E-state index contributed by atoms with van der Waals surface area (Å²) in [6, 6.07) is 14.6. The first-order valence-corrected chi connectivity index (χ1v) is 7.42.